The third-order valence-corrected chi connectivity index (χ3v) is 3.20. The number of halogens is 2. The number of hydrogen-bond donors (Lipinski definition) is 2. The molecule has 100 valence electrons. The minimum Gasteiger partial charge on any atom is -0.481 e. The van der Waals surface area contributed by atoms with Gasteiger partial charge in [0, 0.05) is 12.1 Å². The van der Waals surface area contributed by atoms with Crippen LogP contribution in [0.15, 0.2) is 18.2 Å². The predicted octanol–water partition coefficient (Wildman–Crippen LogP) is 3.38. The van der Waals surface area contributed by atoms with Gasteiger partial charge in [-0.25, -0.2) is 0 Å². The van der Waals surface area contributed by atoms with Gasteiger partial charge in [0.2, 0.25) is 0 Å². The Bertz CT molecular complexity index is 421. The molecular formula is C13H17Cl2NO2. The fourth-order valence-electron chi connectivity index (χ4n) is 1.82. The molecule has 3 nitrogen and oxygen atoms in total. The monoisotopic (exact) mass is 289 g/mol. The van der Waals surface area contributed by atoms with Gasteiger partial charge in [-0.1, -0.05) is 43.1 Å². The van der Waals surface area contributed by atoms with E-state index in [4.69, 9.17) is 28.3 Å². The molecule has 0 aliphatic carbocycles. The van der Waals surface area contributed by atoms with Crippen LogP contribution < -0.4 is 5.32 Å². The van der Waals surface area contributed by atoms with Gasteiger partial charge in [-0.05, 0) is 24.1 Å². The minimum atomic E-state index is -0.812. The van der Waals surface area contributed by atoms with Crippen LogP contribution in [0.1, 0.15) is 25.8 Å². The molecule has 0 bridgehead atoms. The number of hydrogen-bond acceptors (Lipinski definition) is 2. The largest absolute Gasteiger partial charge is 0.481 e. The minimum absolute atomic E-state index is 0.0818. The van der Waals surface area contributed by atoms with E-state index in [1.807, 2.05) is 19.9 Å². The Kier molecular flexibility index (Phi) is 5.93. The van der Waals surface area contributed by atoms with Gasteiger partial charge in [0.15, 0.2) is 0 Å². The van der Waals surface area contributed by atoms with E-state index >= 15 is 0 Å². The molecule has 1 rings (SSSR count). The second kappa shape index (κ2) is 6.98. The maximum Gasteiger partial charge on any atom is 0.304 e. The SMILES string of the molecule is CC(C)NC(CC(=O)O)Cc1ccc(Cl)c(Cl)c1. The molecule has 2 N–H and O–H groups in total. The van der Waals surface area contributed by atoms with Crippen LogP contribution in [0.25, 0.3) is 0 Å². The molecule has 0 amide bonds. The molecule has 0 saturated heterocycles. The normalized spacial score (nSPS) is 12.7. The van der Waals surface area contributed by atoms with Crippen molar-refractivity contribution in [2.75, 3.05) is 0 Å². The predicted molar refractivity (Wildman–Crippen MR) is 74.5 cm³/mol. The first-order valence-corrected chi connectivity index (χ1v) is 6.56. The van der Waals surface area contributed by atoms with Crippen LogP contribution in [0, 0.1) is 0 Å². The van der Waals surface area contributed by atoms with Crippen molar-refractivity contribution < 1.29 is 9.90 Å². The van der Waals surface area contributed by atoms with Gasteiger partial charge in [0.1, 0.15) is 0 Å². The van der Waals surface area contributed by atoms with Crippen molar-refractivity contribution in [3.8, 4) is 0 Å². The van der Waals surface area contributed by atoms with E-state index < -0.39 is 5.97 Å². The molecule has 18 heavy (non-hydrogen) atoms. The maximum atomic E-state index is 10.8. The topological polar surface area (TPSA) is 49.3 Å². The molecule has 1 aromatic rings. The molecular weight excluding hydrogens is 273 g/mol. The van der Waals surface area contributed by atoms with Crippen molar-refractivity contribution in [3.63, 3.8) is 0 Å². The number of nitrogens with one attached hydrogen (secondary N) is 1. The zero-order valence-electron chi connectivity index (χ0n) is 10.4. The lowest BCUT2D eigenvalue weighted by Gasteiger charge is -2.20. The summed E-state index contributed by atoms with van der Waals surface area (Å²) >= 11 is 11.8. The third-order valence-electron chi connectivity index (χ3n) is 2.46. The van der Waals surface area contributed by atoms with Crippen molar-refractivity contribution >= 4 is 29.2 Å². The van der Waals surface area contributed by atoms with Crippen LogP contribution in [0.5, 0.6) is 0 Å². The van der Waals surface area contributed by atoms with E-state index in [0.717, 1.165) is 5.56 Å². The Hall–Kier alpha value is -0.770. The number of rotatable bonds is 6. The van der Waals surface area contributed by atoms with Crippen molar-refractivity contribution in [1.29, 1.82) is 0 Å². The Balaban J connectivity index is 2.74. The molecule has 0 aromatic heterocycles. The van der Waals surface area contributed by atoms with Crippen molar-refractivity contribution in [2.24, 2.45) is 0 Å². The smallest absolute Gasteiger partial charge is 0.304 e. The molecule has 1 unspecified atom stereocenters. The van der Waals surface area contributed by atoms with E-state index in [-0.39, 0.29) is 18.5 Å². The Morgan fingerprint density at radius 3 is 2.50 bits per heavy atom. The van der Waals surface area contributed by atoms with E-state index in [1.165, 1.54) is 0 Å². The van der Waals surface area contributed by atoms with Crippen LogP contribution in [0.4, 0.5) is 0 Å². The van der Waals surface area contributed by atoms with Gasteiger partial charge in [-0.2, -0.15) is 0 Å². The molecule has 1 atom stereocenters. The Morgan fingerprint density at radius 2 is 2.00 bits per heavy atom. The summed E-state index contributed by atoms with van der Waals surface area (Å²) in [5.74, 6) is -0.812. The first-order valence-electron chi connectivity index (χ1n) is 5.80. The van der Waals surface area contributed by atoms with E-state index in [9.17, 15) is 4.79 Å². The van der Waals surface area contributed by atoms with Gasteiger partial charge in [0.25, 0.3) is 0 Å². The summed E-state index contributed by atoms with van der Waals surface area (Å²) in [6.45, 7) is 3.98. The quantitative estimate of drug-likeness (QED) is 0.844. The van der Waals surface area contributed by atoms with Gasteiger partial charge in [0.05, 0.1) is 16.5 Å². The van der Waals surface area contributed by atoms with E-state index in [1.54, 1.807) is 12.1 Å². The summed E-state index contributed by atoms with van der Waals surface area (Å²) in [7, 11) is 0. The highest BCUT2D eigenvalue weighted by Crippen LogP contribution is 2.23. The van der Waals surface area contributed by atoms with Crippen molar-refractivity contribution in [2.45, 2.75) is 38.8 Å². The lowest BCUT2D eigenvalue weighted by molar-refractivity contribution is -0.137. The molecule has 5 heteroatoms. The molecule has 0 heterocycles. The van der Waals surface area contributed by atoms with Crippen LogP contribution >= 0.6 is 23.2 Å². The van der Waals surface area contributed by atoms with Gasteiger partial charge in [-0.15, -0.1) is 0 Å². The summed E-state index contributed by atoms with van der Waals surface area (Å²) in [6.07, 6.45) is 0.694. The zero-order chi connectivity index (χ0) is 13.7. The number of carbonyl (C=O) groups is 1. The molecule has 0 radical (unpaired) electrons. The summed E-state index contributed by atoms with van der Waals surface area (Å²) in [4.78, 5) is 10.8. The van der Waals surface area contributed by atoms with Crippen LogP contribution in [0.2, 0.25) is 10.0 Å². The second-order valence-electron chi connectivity index (χ2n) is 4.57. The van der Waals surface area contributed by atoms with Gasteiger partial charge >= 0.3 is 5.97 Å². The molecule has 0 spiro atoms. The van der Waals surface area contributed by atoms with Crippen LogP contribution in [-0.4, -0.2) is 23.2 Å². The summed E-state index contributed by atoms with van der Waals surface area (Å²) in [6, 6.07) is 5.50. The molecule has 0 aliphatic heterocycles. The van der Waals surface area contributed by atoms with Crippen molar-refractivity contribution in [3.05, 3.63) is 33.8 Å². The highest BCUT2D eigenvalue weighted by molar-refractivity contribution is 6.42. The first kappa shape index (κ1) is 15.3. The zero-order valence-corrected chi connectivity index (χ0v) is 11.9. The van der Waals surface area contributed by atoms with Crippen LogP contribution in [0.3, 0.4) is 0 Å². The summed E-state index contributed by atoms with van der Waals surface area (Å²) in [5, 5.41) is 13.1. The van der Waals surface area contributed by atoms with E-state index in [2.05, 4.69) is 5.32 Å². The highest BCUT2D eigenvalue weighted by Gasteiger charge is 2.15. The number of carboxylic acid groups (broad SMARTS) is 1. The number of aliphatic carboxylic acids is 1. The average Bonchev–Trinajstić information content (AvgIpc) is 2.21. The fraction of sp³-hybridized carbons (Fsp3) is 0.462. The average molecular weight is 290 g/mol. The lowest BCUT2D eigenvalue weighted by atomic mass is 10.0. The Morgan fingerprint density at radius 1 is 1.33 bits per heavy atom. The van der Waals surface area contributed by atoms with Crippen molar-refractivity contribution in [1.82, 2.24) is 5.32 Å². The Labute approximate surface area is 117 Å². The lowest BCUT2D eigenvalue weighted by Crippen LogP contribution is -2.38. The summed E-state index contributed by atoms with van der Waals surface area (Å²) in [5.41, 5.74) is 0.976. The first-order chi connectivity index (χ1) is 8.38. The van der Waals surface area contributed by atoms with E-state index in [0.29, 0.717) is 16.5 Å². The summed E-state index contributed by atoms with van der Waals surface area (Å²) < 4.78 is 0. The number of benzene rings is 1. The van der Waals surface area contributed by atoms with Crippen LogP contribution in [-0.2, 0) is 11.2 Å². The molecule has 1 aromatic carbocycles. The highest BCUT2D eigenvalue weighted by atomic mass is 35.5. The molecule has 0 aliphatic rings. The van der Waals surface area contributed by atoms with Gasteiger partial charge in [-0.3, -0.25) is 4.79 Å². The standard InChI is InChI=1S/C13H17Cl2NO2/c1-8(2)16-10(7-13(17)18)5-9-3-4-11(14)12(15)6-9/h3-4,6,8,10,16H,5,7H2,1-2H3,(H,17,18). The second-order valence-corrected chi connectivity index (χ2v) is 5.38. The molecule has 0 fully saturated rings. The third kappa shape index (κ3) is 5.25. The van der Waals surface area contributed by atoms with Gasteiger partial charge < -0.3 is 10.4 Å². The maximum absolute atomic E-state index is 10.8. The number of carboxylic acids is 1. The fourth-order valence-corrected chi connectivity index (χ4v) is 2.14. The molecule has 0 saturated carbocycles.